The predicted octanol–water partition coefficient (Wildman–Crippen LogP) is 2.24. The van der Waals surface area contributed by atoms with E-state index in [2.05, 4.69) is 15.3 Å². The van der Waals surface area contributed by atoms with Crippen LogP contribution in [0.5, 0.6) is 0 Å². The summed E-state index contributed by atoms with van der Waals surface area (Å²) < 4.78 is 1.83. The van der Waals surface area contributed by atoms with E-state index < -0.39 is 0 Å². The van der Waals surface area contributed by atoms with Gasteiger partial charge in [-0.25, -0.2) is 9.97 Å². The Morgan fingerprint density at radius 3 is 2.90 bits per heavy atom. The van der Waals surface area contributed by atoms with Gasteiger partial charge in [0, 0.05) is 30.7 Å². The van der Waals surface area contributed by atoms with Gasteiger partial charge < -0.3 is 5.32 Å². The standard InChI is InChI=1S/C15H18N4O/c1-3-4-12(2)15(20)18-10-13-5-6-14(17-9-13)19-8-7-16-11-19/h4-9,11H,3,10H2,1-2H3,(H,18,20)/b12-4-. The zero-order valence-corrected chi connectivity index (χ0v) is 11.7. The number of allylic oxidation sites excluding steroid dienone is 1. The number of nitrogens with zero attached hydrogens (tertiary/aromatic N) is 3. The van der Waals surface area contributed by atoms with Crippen LogP contribution < -0.4 is 5.32 Å². The van der Waals surface area contributed by atoms with Gasteiger partial charge in [-0.1, -0.05) is 19.1 Å². The fourth-order valence-corrected chi connectivity index (χ4v) is 1.79. The second-order valence-electron chi connectivity index (χ2n) is 4.47. The number of carbonyl (C=O) groups is 1. The van der Waals surface area contributed by atoms with E-state index in [4.69, 9.17) is 0 Å². The van der Waals surface area contributed by atoms with Crippen molar-refractivity contribution in [2.75, 3.05) is 0 Å². The summed E-state index contributed by atoms with van der Waals surface area (Å²) in [5, 5.41) is 2.87. The van der Waals surface area contributed by atoms with Crippen molar-refractivity contribution < 1.29 is 4.79 Å². The normalized spacial score (nSPS) is 11.4. The molecule has 5 heteroatoms. The lowest BCUT2D eigenvalue weighted by Crippen LogP contribution is -2.23. The van der Waals surface area contributed by atoms with Gasteiger partial charge in [-0.3, -0.25) is 9.36 Å². The minimum absolute atomic E-state index is 0.0365. The van der Waals surface area contributed by atoms with Crippen molar-refractivity contribution in [1.29, 1.82) is 0 Å². The third-order valence-corrected chi connectivity index (χ3v) is 2.90. The molecule has 2 aromatic heterocycles. The Kier molecular flexibility index (Phi) is 4.65. The van der Waals surface area contributed by atoms with Crippen molar-refractivity contribution in [3.63, 3.8) is 0 Å². The molecule has 2 heterocycles. The van der Waals surface area contributed by atoms with Crippen LogP contribution in [0.3, 0.4) is 0 Å². The molecule has 0 saturated heterocycles. The molecule has 0 aliphatic rings. The average Bonchev–Trinajstić information content (AvgIpc) is 2.99. The fourth-order valence-electron chi connectivity index (χ4n) is 1.79. The number of amides is 1. The van der Waals surface area contributed by atoms with Crippen LogP contribution in [0.1, 0.15) is 25.8 Å². The molecule has 0 saturated carbocycles. The molecular weight excluding hydrogens is 252 g/mol. The first-order valence-electron chi connectivity index (χ1n) is 6.59. The van der Waals surface area contributed by atoms with E-state index in [1.165, 1.54) is 0 Å². The van der Waals surface area contributed by atoms with Crippen LogP contribution in [0.15, 0.2) is 48.7 Å². The summed E-state index contributed by atoms with van der Waals surface area (Å²) in [4.78, 5) is 20.1. The molecule has 104 valence electrons. The lowest BCUT2D eigenvalue weighted by atomic mass is 10.2. The highest BCUT2D eigenvalue weighted by atomic mass is 16.1. The minimum atomic E-state index is -0.0365. The van der Waals surface area contributed by atoms with Gasteiger partial charge in [-0.15, -0.1) is 0 Å². The highest BCUT2D eigenvalue weighted by Gasteiger charge is 2.03. The highest BCUT2D eigenvalue weighted by Crippen LogP contribution is 2.05. The number of hydrogen-bond donors (Lipinski definition) is 1. The van der Waals surface area contributed by atoms with Gasteiger partial charge in [0.15, 0.2) is 0 Å². The Hall–Kier alpha value is -2.43. The Morgan fingerprint density at radius 2 is 2.30 bits per heavy atom. The third-order valence-electron chi connectivity index (χ3n) is 2.90. The first kappa shape index (κ1) is 14.0. The van der Waals surface area contributed by atoms with Crippen molar-refractivity contribution >= 4 is 5.91 Å². The van der Waals surface area contributed by atoms with E-state index in [0.29, 0.717) is 6.54 Å². The van der Waals surface area contributed by atoms with Crippen LogP contribution in [-0.2, 0) is 11.3 Å². The Balaban J connectivity index is 1.95. The summed E-state index contributed by atoms with van der Waals surface area (Å²) in [5.74, 6) is 0.769. The summed E-state index contributed by atoms with van der Waals surface area (Å²) in [6, 6.07) is 3.85. The molecule has 0 unspecified atom stereocenters. The van der Waals surface area contributed by atoms with E-state index in [-0.39, 0.29) is 5.91 Å². The first-order valence-corrected chi connectivity index (χ1v) is 6.59. The van der Waals surface area contributed by atoms with Crippen LogP contribution in [0.2, 0.25) is 0 Å². The van der Waals surface area contributed by atoms with Crippen molar-refractivity contribution in [2.45, 2.75) is 26.8 Å². The largest absolute Gasteiger partial charge is 0.348 e. The van der Waals surface area contributed by atoms with Gasteiger partial charge in [-0.05, 0) is 25.0 Å². The van der Waals surface area contributed by atoms with E-state index in [1.807, 2.05) is 42.8 Å². The number of aromatic nitrogens is 3. The Labute approximate surface area is 118 Å². The van der Waals surface area contributed by atoms with Crippen LogP contribution in [0.25, 0.3) is 5.82 Å². The van der Waals surface area contributed by atoms with Crippen LogP contribution in [0.4, 0.5) is 0 Å². The van der Waals surface area contributed by atoms with E-state index in [9.17, 15) is 4.79 Å². The van der Waals surface area contributed by atoms with Gasteiger partial charge >= 0.3 is 0 Å². The van der Waals surface area contributed by atoms with E-state index >= 15 is 0 Å². The molecule has 0 fully saturated rings. The van der Waals surface area contributed by atoms with Crippen LogP contribution in [0, 0.1) is 0 Å². The quantitative estimate of drug-likeness (QED) is 0.848. The molecule has 0 aliphatic carbocycles. The van der Waals surface area contributed by atoms with Crippen molar-refractivity contribution in [3.05, 3.63) is 54.3 Å². The second-order valence-corrected chi connectivity index (χ2v) is 4.47. The van der Waals surface area contributed by atoms with Crippen molar-refractivity contribution in [3.8, 4) is 5.82 Å². The molecule has 0 spiro atoms. The van der Waals surface area contributed by atoms with Crippen molar-refractivity contribution in [2.24, 2.45) is 0 Å². The molecule has 1 N–H and O–H groups in total. The predicted molar refractivity (Wildman–Crippen MR) is 77.3 cm³/mol. The molecule has 0 aromatic carbocycles. The minimum Gasteiger partial charge on any atom is -0.348 e. The van der Waals surface area contributed by atoms with E-state index in [1.54, 1.807) is 18.7 Å². The number of imidazole rings is 1. The smallest absolute Gasteiger partial charge is 0.246 e. The summed E-state index contributed by atoms with van der Waals surface area (Å²) in [6.07, 6.45) is 9.77. The average molecular weight is 270 g/mol. The molecule has 0 radical (unpaired) electrons. The molecule has 20 heavy (non-hydrogen) atoms. The van der Waals surface area contributed by atoms with Crippen LogP contribution >= 0.6 is 0 Å². The molecule has 5 nitrogen and oxygen atoms in total. The van der Waals surface area contributed by atoms with Gasteiger partial charge in [0.05, 0.1) is 0 Å². The number of pyridine rings is 1. The zero-order chi connectivity index (χ0) is 14.4. The number of nitrogens with one attached hydrogen (secondary N) is 1. The first-order chi connectivity index (χ1) is 9.70. The van der Waals surface area contributed by atoms with Gasteiger partial charge in [-0.2, -0.15) is 0 Å². The topological polar surface area (TPSA) is 59.8 Å². The molecule has 0 atom stereocenters. The zero-order valence-electron chi connectivity index (χ0n) is 11.7. The monoisotopic (exact) mass is 270 g/mol. The lowest BCUT2D eigenvalue weighted by Gasteiger charge is -2.06. The number of carbonyl (C=O) groups excluding carboxylic acids is 1. The van der Waals surface area contributed by atoms with E-state index in [0.717, 1.165) is 23.4 Å². The summed E-state index contributed by atoms with van der Waals surface area (Å²) in [7, 11) is 0. The molecule has 2 rings (SSSR count). The second kappa shape index (κ2) is 6.65. The van der Waals surface area contributed by atoms with Gasteiger partial charge in [0.1, 0.15) is 12.1 Å². The molecular formula is C15H18N4O. The maximum atomic E-state index is 11.7. The van der Waals surface area contributed by atoms with Gasteiger partial charge in [0.25, 0.3) is 0 Å². The summed E-state index contributed by atoms with van der Waals surface area (Å²) in [6.45, 7) is 4.31. The Bertz CT molecular complexity index is 585. The third kappa shape index (κ3) is 3.54. The highest BCUT2D eigenvalue weighted by molar-refractivity contribution is 5.92. The Morgan fingerprint density at radius 1 is 1.45 bits per heavy atom. The van der Waals surface area contributed by atoms with Crippen LogP contribution in [-0.4, -0.2) is 20.4 Å². The van der Waals surface area contributed by atoms with Crippen molar-refractivity contribution in [1.82, 2.24) is 19.9 Å². The molecule has 0 aliphatic heterocycles. The molecule has 1 amide bonds. The summed E-state index contributed by atoms with van der Waals surface area (Å²) in [5.41, 5.74) is 1.71. The maximum Gasteiger partial charge on any atom is 0.246 e. The van der Waals surface area contributed by atoms with Gasteiger partial charge in [0.2, 0.25) is 5.91 Å². The summed E-state index contributed by atoms with van der Waals surface area (Å²) >= 11 is 0. The molecule has 0 bridgehead atoms. The lowest BCUT2D eigenvalue weighted by molar-refractivity contribution is -0.117. The fraction of sp³-hybridized carbons (Fsp3) is 0.267. The molecule has 2 aromatic rings. The number of rotatable bonds is 5. The number of hydrogen-bond acceptors (Lipinski definition) is 3. The maximum absolute atomic E-state index is 11.7. The SMILES string of the molecule is CC/C=C(/C)C(=O)NCc1ccc(-n2ccnc2)nc1.